The first kappa shape index (κ1) is 14.8. The molecule has 0 spiro atoms. The van der Waals surface area contributed by atoms with Gasteiger partial charge in [0.2, 0.25) is 0 Å². The molecular weight excluding hydrogens is 232 g/mol. The molecule has 2 amide bonds. The van der Waals surface area contributed by atoms with Crippen LogP contribution in [0.4, 0.5) is 4.79 Å². The minimum atomic E-state index is -0.975. The molecule has 0 aromatic carbocycles. The number of carboxylic acids is 1. The SMILES string of the molecule is CCC(C)C(NC(=O)NCCCC1CC1)C(=O)O. The summed E-state index contributed by atoms with van der Waals surface area (Å²) in [5, 5.41) is 14.3. The first-order valence-corrected chi connectivity index (χ1v) is 6.81. The normalized spacial score (nSPS) is 17.9. The molecule has 1 fully saturated rings. The Labute approximate surface area is 108 Å². The molecule has 0 saturated heterocycles. The Bertz CT molecular complexity index is 290. The van der Waals surface area contributed by atoms with E-state index >= 15 is 0 Å². The molecule has 2 unspecified atom stereocenters. The van der Waals surface area contributed by atoms with Gasteiger partial charge in [0, 0.05) is 6.54 Å². The van der Waals surface area contributed by atoms with Crippen LogP contribution >= 0.6 is 0 Å². The number of nitrogens with one attached hydrogen (secondary N) is 2. The second-order valence-electron chi connectivity index (χ2n) is 5.19. The first-order valence-electron chi connectivity index (χ1n) is 6.81. The third kappa shape index (κ3) is 5.38. The number of hydrogen-bond acceptors (Lipinski definition) is 2. The van der Waals surface area contributed by atoms with Gasteiger partial charge in [0.05, 0.1) is 0 Å². The van der Waals surface area contributed by atoms with Crippen molar-refractivity contribution in [1.82, 2.24) is 10.6 Å². The van der Waals surface area contributed by atoms with Crippen molar-refractivity contribution in [2.45, 2.75) is 52.0 Å². The van der Waals surface area contributed by atoms with Crippen molar-refractivity contribution in [3.63, 3.8) is 0 Å². The van der Waals surface area contributed by atoms with E-state index in [-0.39, 0.29) is 11.9 Å². The topological polar surface area (TPSA) is 78.4 Å². The van der Waals surface area contributed by atoms with E-state index in [2.05, 4.69) is 10.6 Å². The number of aliphatic carboxylic acids is 1. The van der Waals surface area contributed by atoms with Crippen LogP contribution < -0.4 is 10.6 Å². The van der Waals surface area contributed by atoms with Crippen molar-refractivity contribution in [2.75, 3.05) is 6.54 Å². The largest absolute Gasteiger partial charge is 0.480 e. The molecule has 5 heteroatoms. The molecule has 104 valence electrons. The molecule has 1 aliphatic rings. The maximum Gasteiger partial charge on any atom is 0.326 e. The van der Waals surface area contributed by atoms with Crippen molar-refractivity contribution in [3.05, 3.63) is 0 Å². The summed E-state index contributed by atoms with van der Waals surface area (Å²) in [6.45, 7) is 4.36. The van der Waals surface area contributed by atoms with Gasteiger partial charge in [0.1, 0.15) is 6.04 Å². The van der Waals surface area contributed by atoms with Crippen molar-refractivity contribution in [3.8, 4) is 0 Å². The van der Waals surface area contributed by atoms with E-state index in [1.54, 1.807) is 0 Å². The monoisotopic (exact) mass is 256 g/mol. The van der Waals surface area contributed by atoms with Crippen LogP contribution in [0.15, 0.2) is 0 Å². The molecule has 0 aromatic heterocycles. The predicted octanol–water partition coefficient (Wildman–Crippen LogP) is 1.98. The van der Waals surface area contributed by atoms with Crippen LogP contribution in [0.5, 0.6) is 0 Å². The van der Waals surface area contributed by atoms with Gasteiger partial charge in [0.15, 0.2) is 0 Å². The Morgan fingerprint density at radius 1 is 1.39 bits per heavy atom. The molecule has 18 heavy (non-hydrogen) atoms. The molecule has 0 aliphatic heterocycles. The van der Waals surface area contributed by atoms with Crippen LogP contribution in [-0.4, -0.2) is 29.7 Å². The molecule has 0 bridgehead atoms. The number of carboxylic acid groups (broad SMARTS) is 1. The number of carbonyl (C=O) groups is 2. The number of urea groups is 1. The molecule has 0 heterocycles. The lowest BCUT2D eigenvalue weighted by Crippen LogP contribution is -2.49. The lowest BCUT2D eigenvalue weighted by molar-refractivity contribution is -0.140. The zero-order valence-electron chi connectivity index (χ0n) is 11.2. The highest BCUT2D eigenvalue weighted by Crippen LogP contribution is 2.33. The lowest BCUT2D eigenvalue weighted by Gasteiger charge is -2.20. The summed E-state index contributed by atoms with van der Waals surface area (Å²) in [5.74, 6) is -0.182. The van der Waals surface area contributed by atoms with Gasteiger partial charge in [-0.25, -0.2) is 9.59 Å². The van der Waals surface area contributed by atoms with Gasteiger partial charge in [0.25, 0.3) is 0 Å². The molecule has 0 radical (unpaired) electrons. The smallest absolute Gasteiger partial charge is 0.326 e. The molecule has 1 aliphatic carbocycles. The first-order chi connectivity index (χ1) is 8.54. The number of hydrogen-bond donors (Lipinski definition) is 3. The number of rotatable bonds is 8. The fourth-order valence-corrected chi connectivity index (χ4v) is 1.87. The van der Waals surface area contributed by atoms with Gasteiger partial charge in [-0.3, -0.25) is 0 Å². The van der Waals surface area contributed by atoms with Gasteiger partial charge in [-0.1, -0.05) is 33.1 Å². The van der Waals surface area contributed by atoms with Crippen LogP contribution in [0, 0.1) is 11.8 Å². The Balaban J connectivity index is 2.20. The third-order valence-electron chi connectivity index (χ3n) is 3.54. The van der Waals surface area contributed by atoms with Gasteiger partial charge in [-0.2, -0.15) is 0 Å². The Kier molecular flexibility index (Phi) is 5.95. The van der Waals surface area contributed by atoms with E-state index in [1.165, 1.54) is 12.8 Å². The van der Waals surface area contributed by atoms with E-state index in [1.807, 2.05) is 13.8 Å². The van der Waals surface area contributed by atoms with Crippen LogP contribution in [0.1, 0.15) is 46.0 Å². The molecule has 3 N–H and O–H groups in total. The van der Waals surface area contributed by atoms with Gasteiger partial charge >= 0.3 is 12.0 Å². The Morgan fingerprint density at radius 3 is 2.56 bits per heavy atom. The second-order valence-corrected chi connectivity index (χ2v) is 5.19. The zero-order valence-corrected chi connectivity index (χ0v) is 11.2. The fourth-order valence-electron chi connectivity index (χ4n) is 1.87. The highest BCUT2D eigenvalue weighted by atomic mass is 16.4. The summed E-state index contributed by atoms with van der Waals surface area (Å²) in [4.78, 5) is 22.6. The summed E-state index contributed by atoms with van der Waals surface area (Å²) in [7, 11) is 0. The average molecular weight is 256 g/mol. The van der Waals surface area contributed by atoms with E-state index < -0.39 is 12.0 Å². The molecular formula is C13H24N2O3. The minimum Gasteiger partial charge on any atom is -0.480 e. The predicted molar refractivity (Wildman–Crippen MR) is 69.4 cm³/mol. The number of carbonyl (C=O) groups excluding carboxylic acids is 1. The highest BCUT2D eigenvalue weighted by molar-refractivity contribution is 5.82. The van der Waals surface area contributed by atoms with E-state index in [0.717, 1.165) is 25.2 Å². The molecule has 0 aromatic rings. The summed E-state index contributed by atoms with van der Waals surface area (Å²) >= 11 is 0. The van der Waals surface area contributed by atoms with Crippen LogP contribution in [0.3, 0.4) is 0 Å². The third-order valence-corrected chi connectivity index (χ3v) is 3.54. The lowest BCUT2D eigenvalue weighted by atomic mass is 9.99. The summed E-state index contributed by atoms with van der Waals surface area (Å²) in [6, 6.07) is -1.18. The Morgan fingerprint density at radius 2 is 2.06 bits per heavy atom. The average Bonchev–Trinajstić information content (AvgIpc) is 3.14. The van der Waals surface area contributed by atoms with Crippen molar-refractivity contribution in [1.29, 1.82) is 0 Å². The molecule has 2 atom stereocenters. The highest BCUT2D eigenvalue weighted by Gasteiger charge is 2.25. The maximum absolute atomic E-state index is 11.6. The van der Waals surface area contributed by atoms with E-state index in [9.17, 15) is 9.59 Å². The summed E-state index contributed by atoms with van der Waals surface area (Å²) in [6.07, 6.45) is 5.49. The van der Waals surface area contributed by atoms with Crippen molar-refractivity contribution in [2.24, 2.45) is 11.8 Å². The van der Waals surface area contributed by atoms with Gasteiger partial charge in [-0.05, 0) is 24.7 Å². The van der Waals surface area contributed by atoms with Crippen molar-refractivity contribution >= 4 is 12.0 Å². The van der Waals surface area contributed by atoms with Crippen molar-refractivity contribution < 1.29 is 14.7 Å². The van der Waals surface area contributed by atoms with E-state index in [4.69, 9.17) is 5.11 Å². The van der Waals surface area contributed by atoms with Gasteiger partial charge in [-0.15, -0.1) is 0 Å². The zero-order chi connectivity index (χ0) is 13.5. The maximum atomic E-state index is 11.6. The standard InChI is InChI=1S/C13H24N2O3/c1-3-9(2)11(12(16)17)15-13(18)14-8-4-5-10-6-7-10/h9-11H,3-8H2,1-2H3,(H,16,17)(H2,14,15,18). The summed E-state index contributed by atoms with van der Waals surface area (Å²) < 4.78 is 0. The number of amides is 2. The van der Waals surface area contributed by atoms with Gasteiger partial charge < -0.3 is 15.7 Å². The quantitative estimate of drug-likeness (QED) is 0.581. The van der Waals surface area contributed by atoms with Crippen LogP contribution in [0.2, 0.25) is 0 Å². The second kappa shape index (κ2) is 7.24. The van der Waals surface area contributed by atoms with Crippen LogP contribution in [0.25, 0.3) is 0 Å². The fraction of sp³-hybridized carbons (Fsp3) is 0.846. The minimum absolute atomic E-state index is 0.0697. The molecule has 1 saturated carbocycles. The van der Waals surface area contributed by atoms with E-state index in [0.29, 0.717) is 6.54 Å². The van der Waals surface area contributed by atoms with Crippen LogP contribution in [-0.2, 0) is 4.79 Å². The molecule has 5 nitrogen and oxygen atoms in total. The Hall–Kier alpha value is -1.26. The molecule has 1 rings (SSSR count). The summed E-state index contributed by atoms with van der Waals surface area (Å²) in [5.41, 5.74) is 0.